The van der Waals surface area contributed by atoms with Gasteiger partial charge in [0.1, 0.15) is 11.9 Å². The average molecular weight is 579 g/mol. The molecule has 42 heavy (non-hydrogen) atoms. The zero-order chi connectivity index (χ0) is 29.8. The molecule has 10 nitrogen and oxygen atoms in total. The number of nitrogens with one attached hydrogen (secondary N) is 2. The third-order valence-corrected chi connectivity index (χ3v) is 7.42. The summed E-state index contributed by atoms with van der Waals surface area (Å²) in [4.78, 5) is 30.4. The SMILES string of the molecule is C[C@@H]1CN([C@@H](C)CO)C(=O)c2cccc(NC(=O)Nc3ccc(F)cc3)c2O[C@H]1CN(C)Cc1ccc2c(c1)OCO2. The first-order valence-corrected chi connectivity index (χ1v) is 13.8. The van der Waals surface area contributed by atoms with Crippen LogP contribution in [0.4, 0.5) is 20.6 Å². The van der Waals surface area contributed by atoms with E-state index in [2.05, 4.69) is 15.5 Å². The van der Waals surface area contributed by atoms with Gasteiger partial charge in [0, 0.05) is 31.2 Å². The number of fused-ring (bicyclic) bond motifs is 2. The Kier molecular flexibility index (Phi) is 8.79. The zero-order valence-electron chi connectivity index (χ0n) is 23.8. The number of aliphatic hydroxyl groups is 1. The number of aliphatic hydroxyl groups excluding tert-OH is 1. The van der Waals surface area contributed by atoms with Gasteiger partial charge in [0.15, 0.2) is 17.2 Å². The van der Waals surface area contributed by atoms with E-state index in [1.807, 2.05) is 32.2 Å². The minimum atomic E-state index is -0.571. The Morgan fingerprint density at radius 3 is 2.64 bits per heavy atom. The molecule has 222 valence electrons. The van der Waals surface area contributed by atoms with Gasteiger partial charge in [-0.15, -0.1) is 0 Å². The van der Waals surface area contributed by atoms with Gasteiger partial charge in [0.25, 0.3) is 5.91 Å². The van der Waals surface area contributed by atoms with Crippen LogP contribution in [0.3, 0.4) is 0 Å². The van der Waals surface area contributed by atoms with E-state index in [4.69, 9.17) is 14.2 Å². The summed E-state index contributed by atoms with van der Waals surface area (Å²) in [5, 5.41) is 15.4. The summed E-state index contributed by atoms with van der Waals surface area (Å²) in [5.41, 5.74) is 2.05. The van der Waals surface area contributed by atoms with E-state index in [9.17, 15) is 19.1 Å². The number of ether oxygens (including phenoxy) is 3. The molecule has 0 radical (unpaired) electrons. The molecular weight excluding hydrogens is 543 g/mol. The van der Waals surface area contributed by atoms with Gasteiger partial charge in [-0.3, -0.25) is 9.69 Å². The van der Waals surface area contributed by atoms with Crippen molar-refractivity contribution in [3.63, 3.8) is 0 Å². The smallest absolute Gasteiger partial charge is 0.323 e. The molecule has 0 aliphatic carbocycles. The standard InChI is InChI=1S/C31H35FN4O6/c1-19-14-36(20(2)17-37)30(38)24-5-4-6-25(34-31(39)33-23-10-8-22(32)9-11-23)29(24)42-28(19)16-35(3)15-21-7-12-26-27(13-21)41-18-40-26/h4-13,19-20,28,37H,14-18H2,1-3H3,(H2,33,34,39)/t19-,20+,28+/m1/s1. The Bertz CT molecular complexity index is 1440. The summed E-state index contributed by atoms with van der Waals surface area (Å²) in [5.74, 6) is 0.862. The maximum atomic E-state index is 13.7. The van der Waals surface area contributed by atoms with Crippen LogP contribution in [0.15, 0.2) is 60.7 Å². The monoisotopic (exact) mass is 578 g/mol. The summed E-state index contributed by atoms with van der Waals surface area (Å²) in [7, 11) is 1.99. The highest BCUT2D eigenvalue weighted by Crippen LogP contribution is 2.36. The molecule has 3 aromatic rings. The van der Waals surface area contributed by atoms with Gasteiger partial charge in [-0.1, -0.05) is 19.1 Å². The van der Waals surface area contributed by atoms with Crippen LogP contribution in [0.2, 0.25) is 0 Å². The van der Waals surface area contributed by atoms with Crippen molar-refractivity contribution in [3.8, 4) is 17.2 Å². The number of amides is 3. The fourth-order valence-electron chi connectivity index (χ4n) is 5.10. The lowest BCUT2D eigenvalue weighted by atomic mass is 9.99. The maximum absolute atomic E-state index is 13.7. The number of rotatable bonds is 8. The second kappa shape index (κ2) is 12.7. The molecule has 0 aromatic heterocycles. The number of likely N-dealkylation sites (N-methyl/N-ethyl adjacent to an activating group) is 1. The molecule has 11 heteroatoms. The van der Waals surface area contributed by atoms with Crippen LogP contribution in [0.5, 0.6) is 17.2 Å². The molecule has 2 heterocycles. The molecule has 5 rings (SSSR count). The van der Waals surface area contributed by atoms with Gasteiger partial charge in [-0.2, -0.15) is 0 Å². The number of carbonyl (C=O) groups is 2. The first kappa shape index (κ1) is 29.2. The number of carbonyl (C=O) groups excluding carboxylic acids is 2. The molecule has 0 bridgehead atoms. The number of benzene rings is 3. The molecule has 3 atom stereocenters. The second-order valence-electron chi connectivity index (χ2n) is 10.8. The molecule has 0 saturated carbocycles. The minimum absolute atomic E-state index is 0.114. The van der Waals surface area contributed by atoms with E-state index >= 15 is 0 Å². The van der Waals surface area contributed by atoms with Crippen molar-refractivity contribution in [1.82, 2.24) is 9.80 Å². The van der Waals surface area contributed by atoms with Gasteiger partial charge < -0.3 is 34.9 Å². The van der Waals surface area contributed by atoms with Crippen LogP contribution in [0.25, 0.3) is 0 Å². The zero-order valence-corrected chi connectivity index (χ0v) is 23.8. The Hall–Kier alpha value is -4.35. The highest BCUT2D eigenvalue weighted by molar-refractivity contribution is 6.04. The summed E-state index contributed by atoms with van der Waals surface area (Å²) >= 11 is 0. The number of hydrogen-bond donors (Lipinski definition) is 3. The highest BCUT2D eigenvalue weighted by atomic mass is 19.1. The Balaban J connectivity index is 1.40. The normalized spacial score (nSPS) is 18.5. The number of anilines is 2. The summed E-state index contributed by atoms with van der Waals surface area (Å²) in [6, 6.07) is 15.2. The third-order valence-electron chi connectivity index (χ3n) is 7.42. The summed E-state index contributed by atoms with van der Waals surface area (Å²) in [6.45, 7) is 5.33. The fourth-order valence-corrected chi connectivity index (χ4v) is 5.10. The van der Waals surface area contributed by atoms with Crippen LogP contribution >= 0.6 is 0 Å². The van der Waals surface area contributed by atoms with Crippen LogP contribution in [-0.2, 0) is 6.54 Å². The number of urea groups is 1. The van der Waals surface area contributed by atoms with Crippen molar-refractivity contribution in [2.24, 2.45) is 5.92 Å². The molecule has 3 amide bonds. The predicted molar refractivity (Wildman–Crippen MR) is 156 cm³/mol. The second-order valence-corrected chi connectivity index (χ2v) is 10.8. The first-order chi connectivity index (χ1) is 20.2. The van der Waals surface area contributed by atoms with Crippen molar-refractivity contribution in [1.29, 1.82) is 0 Å². The van der Waals surface area contributed by atoms with E-state index in [0.717, 1.165) is 11.3 Å². The van der Waals surface area contributed by atoms with Crippen LogP contribution in [0.1, 0.15) is 29.8 Å². The molecular formula is C31H35FN4O6. The van der Waals surface area contributed by atoms with Gasteiger partial charge in [0.05, 0.1) is 23.9 Å². The number of halogens is 1. The van der Waals surface area contributed by atoms with Crippen molar-refractivity contribution in [2.75, 3.05) is 44.2 Å². The molecule has 2 aliphatic rings. The van der Waals surface area contributed by atoms with Crippen LogP contribution in [-0.4, -0.2) is 72.5 Å². The molecule has 0 saturated heterocycles. The Morgan fingerprint density at radius 1 is 1.12 bits per heavy atom. The van der Waals surface area contributed by atoms with Crippen molar-refractivity contribution in [2.45, 2.75) is 32.5 Å². The number of nitrogens with zero attached hydrogens (tertiary/aromatic N) is 2. The molecule has 0 spiro atoms. The van der Waals surface area contributed by atoms with Crippen molar-refractivity contribution >= 4 is 23.3 Å². The summed E-state index contributed by atoms with van der Waals surface area (Å²) in [6.07, 6.45) is -0.368. The van der Waals surface area contributed by atoms with E-state index in [1.54, 1.807) is 30.0 Å². The minimum Gasteiger partial charge on any atom is -0.486 e. The van der Waals surface area contributed by atoms with E-state index < -0.39 is 17.9 Å². The maximum Gasteiger partial charge on any atom is 0.323 e. The Labute approximate surface area is 244 Å². The topological polar surface area (TPSA) is 113 Å². The van der Waals surface area contributed by atoms with Gasteiger partial charge in [-0.25, -0.2) is 9.18 Å². The van der Waals surface area contributed by atoms with E-state index in [0.29, 0.717) is 36.8 Å². The lowest BCUT2D eigenvalue weighted by Crippen LogP contribution is -2.49. The molecule has 0 fully saturated rings. The van der Waals surface area contributed by atoms with Gasteiger partial charge >= 0.3 is 6.03 Å². The lowest BCUT2D eigenvalue weighted by molar-refractivity contribution is 0.0343. The largest absolute Gasteiger partial charge is 0.486 e. The van der Waals surface area contributed by atoms with Crippen molar-refractivity contribution < 1.29 is 33.3 Å². The first-order valence-electron chi connectivity index (χ1n) is 13.8. The van der Waals surface area contributed by atoms with Crippen LogP contribution < -0.4 is 24.8 Å². The molecule has 2 aliphatic heterocycles. The number of hydrogen-bond acceptors (Lipinski definition) is 7. The third kappa shape index (κ3) is 6.58. The average Bonchev–Trinajstić information content (AvgIpc) is 3.44. The Morgan fingerprint density at radius 2 is 1.88 bits per heavy atom. The lowest BCUT2D eigenvalue weighted by Gasteiger charge is -2.38. The quantitative estimate of drug-likeness (QED) is 0.360. The van der Waals surface area contributed by atoms with E-state index in [-0.39, 0.29) is 42.6 Å². The van der Waals surface area contributed by atoms with Gasteiger partial charge in [0.2, 0.25) is 6.79 Å². The summed E-state index contributed by atoms with van der Waals surface area (Å²) < 4.78 is 30.8. The molecule has 3 N–H and O–H groups in total. The molecule has 0 unspecified atom stereocenters. The van der Waals surface area contributed by atoms with Gasteiger partial charge in [-0.05, 0) is 68.1 Å². The predicted octanol–water partition coefficient (Wildman–Crippen LogP) is 4.55. The van der Waals surface area contributed by atoms with Crippen molar-refractivity contribution in [3.05, 3.63) is 77.6 Å². The van der Waals surface area contributed by atoms with Crippen LogP contribution in [0, 0.1) is 11.7 Å². The number of para-hydroxylation sites is 1. The molecule has 3 aromatic carbocycles. The van der Waals surface area contributed by atoms with E-state index in [1.165, 1.54) is 24.3 Å². The highest BCUT2D eigenvalue weighted by Gasteiger charge is 2.34. The fraction of sp³-hybridized carbons (Fsp3) is 0.355.